The number of halogens is 1. The molecule has 1 aliphatic rings. The Hall–Kier alpha value is -3.15. The summed E-state index contributed by atoms with van der Waals surface area (Å²) in [4.78, 5) is 19.1. The maximum absolute atomic E-state index is 14.0. The Bertz CT molecular complexity index is 963. The number of aromatic nitrogens is 1. The van der Waals surface area contributed by atoms with Crippen LogP contribution in [-0.2, 0) is 0 Å². The van der Waals surface area contributed by atoms with Crippen molar-refractivity contribution < 1.29 is 13.6 Å². The first-order valence-electron chi connectivity index (χ1n) is 9.00. The molecule has 0 radical (unpaired) electrons. The highest BCUT2D eigenvalue weighted by atomic mass is 19.1. The first-order chi connectivity index (χ1) is 13.1. The molecule has 4 rings (SSSR count). The molecular formula is C21H20FN3O2. The molecule has 1 aliphatic heterocycles. The van der Waals surface area contributed by atoms with Crippen molar-refractivity contribution in [2.45, 2.75) is 19.8 Å². The molecule has 1 N–H and O–H groups in total. The molecule has 5 nitrogen and oxygen atoms in total. The molecule has 0 unspecified atom stereocenters. The van der Waals surface area contributed by atoms with Crippen molar-refractivity contribution in [3.63, 3.8) is 0 Å². The van der Waals surface area contributed by atoms with Gasteiger partial charge in [-0.2, -0.15) is 0 Å². The number of hydrogen-bond acceptors (Lipinski definition) is 4. The lowest BCUT2D eigenvalue weighted by Crippen LogP contribution is -2.19. The van der Waals surface area contributed by atoms with E-state index in [1.165, 1.54) is 12.1 Å². The van der Waals surface area contributed by atoms with E-state index in [4.69, 9.17) is 4.42 Å². The number of aryl methyl sites for hydroxylation is 1. The highest BCUT2D eigenvalue weighted by Crippen LogP contribution is 2.26. The Balaban J connectivity index is 1.57. The van der Waals surface area contributed by atoms with Gasteiger partial charge in [0.15, 0.2) is 5.69 Å². The third-order valence-corrected chi connectivity index (χ3v) is 4.64. The molecule has 6 heteroatoms. The van der Waals surface area contributed by atoms with Gasteiger partial charge < -0.3 is 14.6 Å². The zero-order valence-corrected chi connectivity index (χ0v) is 15.0. The van der Waals surface area contributed by atoms with Crippen molar-refractivity contribution in [3.8, 4) is 11.5 Å². The maximum Gasteiger partial charge on any atom is 0.277 e. The standard InChI is InChI=1S/C21H20FN3O2/c1-14-19(24-21(27-14)15-7-3-2-4-8-15)20(26)23-17-11-16(22)12-18(13-17)25-9-5-6-10-25/h2-4,7-8,11-13H,5-6,9-10H2,1H3,(H,23,26). The average Bonchev–Trinajstić information content (AvgIpc) is 3.32. The zero-order valence-electron chi connectivity index (χ0n) is 15.0. The van der Waals surface area contributed by atoms with Gasteiger partial charge in [0, 0.05) is 30.0 Å². The van der Waals surface area contributed by atoms with Crippen LogP contribution in [0.1, 0.15) is 29.1 Å². The van der Waals surface area contributed by atoms with Crippen LogP contribution in [0.5, 0.6) is 0 Å². The van der Waals surface area contributed by atoms with Crippen LogP contribution in [0.3, 0.4) is 0 Å². The van der Waals surface area contributed by atoms with Gasteiger partial charge in [0.2, 0.25) is 5.89 Å². The van der Waals surface area contributed by atoms with E-state index in [0.29, 0.717) is 17.3 Å². The van der Waals surface area contributed by atoms with Crippen molar-refractivity contribution in [3.05, 3.63) is 65.8 Å². The molecule has 1 aromatic heterocycles. The molecule has 0 bridgehead atoms. The fraction of sp³-hybridized carbons (Fsp3) is 0.238. The molecular weight excluding hydrogens is 345 g/mol. The summed E-state index contributed by atoms with van der Waals surface area (Å²) in [7, 11) is 0. The summed E-state index contributed by atoms with van der Waals surface area (Å²) in [6, 6.07) is 14.0. The van der Waals surface area contributed by atoms with Gasteiger partial charge in [-0.3, -0.25) is 4.79 Å². The average molecular weight is 365 g/mol. The number of anilines is 2. The number of hydrogen-bond donors (Lipinski definition) is 1. The van der Waals surface area contributed by atoms with Crippen molar-refractivity contribution in [1.29, 1.82) is 0 Å². The topological polar surface area (TPSA) is 58.4 Å². The number of rotatable bonds is 4. The molecule has 3 aromatic rings. The largest absolute Gasteiger partial charge is 0.441 e. The summed E-state index contributed by atoms with van der Waals surface area (Å²) in [6.07, 6.45) is 2.19. The van der Waals surface area contributed by atoms with E-state index in [1.54, 1.807) is 13.0 Å². The lowest BCUT2D eigenvalue weighted by molar-refractivity contribution is 0.102. The Morgan fingerprint density at radius 3 is 2.63 bits per heavy atom. The Morgan fingerprint density at radius 1 is 1.15 bits per heavy atom. The van der Waals surface area contributed by atoms with E-state index in [0.717, 1.165) is 37.2 Å². The summed E-state index contributed by atoms with van der Waals surface area (Å²) in [5.41, 5.74) is 2.18. The lowest BCUT2D eigenvalue weighted by Gasteiger charge is -2.18. The predicted molar refractivity (Wildman–Crippen MR) is 102 cm³/mol. The van der Waals surface area contributed by atoms with Gasteiger partial charge in [-0.05, 0) is 50.1 Å². The number of benzene rings is 2. The summed E-state index contributed by atoms with van der Waals surface area (Å²) in [5, 5.41) is 2.74. The van der Waals surface area contributed by atoms with Crippen LogP contribution in [0.2, 0.25) is 0 Å². The number of carbonyl (C=O) groups excluding carboxylic acids is 1. The molecule has 2 heterocycles. The normalized spacial score (nSPS) is 13.8. The van der Waals surface area contributed by atoms with Gasteiger partial charge in [-0.1, -0.05) is 18.2 Å². The van der Waals surface area contributed by atoms with Crippen LogP contribution in [0.15, 0.2) is 52.9 Å². The van der Waals surface area contributed by atoms with Gasteiger partial charge in [0.05, 0.1) is 0 Å². The summed E-state index contributed by atoms with van der Waals surface area (Å²) < 4.78 is 19.7. The van der Waals surface area contributed by atoms with Crippen molar-refractivity contribution in [1.82, 2.24) is 4.98 Å². The minimum Gasteiger partial charge on any atom is -0.441 e. The fourth-order valence-electron chi connectivity index (χ4n) is 3.31. The molecule has 0 aliphatic carbocycles. The lowest BCUT2D eigenvalue weighted by atomic mass is 10.2. The number of nitrogens with zero attached hydrogens (tertiary/aromatic N) is 2. The number of oxazole rings is 1. The van der Waals surface area contributed by atoms with E-state index in [1.807, 2.05) is 30.3 Å². The second-order valence-electron chi connectivity index (χ2n) is 6.64. The van der Waals surface area contributed by atoms with E-state index in [-0.39, 0.29) is 11.5 Å². The third kappa shape index (κ3) is 3.69. The second kappa shape index (κ2) is 7.23. The highest BCUT2D eigenvalue weighted by molar-refractivity contribution is 6.04. The summed E-state index contributed by atoms with van der Waals surface area (Å²) in [6.45, 7) is 3.49. The van der Waals surface area contributed by atoms with Crippen molar-refractivity contribution in [2.24, 2.45) is 0 Å². The molecule has 1 amide bonds. The summed E-state index contributed by atoms with van der Waals surface area (Å²) >= 11 is 0. The molecule has 2 aromatic carbocycles. The van der Waals surface area contributed by atoms with Crippen LogP contribution in [0.4, 0.5) is 15.8 Å². The highest BCUT2D eigenvalue weighted by Gasteiger charge is 2.19. The molecule has 1 fully saturated rings. The maximum atomic E-state index is 14.0. The fourth-order valence-corrected chi connectivity index (χ4v) is 3.31. The van der Waals surface area contributed by atoms with Crippen LogP contribution in [0.25, 0.3) is 11.5 Å². The predicted octanol–water partition coefficient (Wildman–Crippen LogP) is 4.64. The van der Waals surface area contributed by atoms with Crippen LogP contribution in [0, 0.1) is 12.7 Å². The van der Waals surface area contributed by atoms with E-state index in [9.17, 15) is 9.18 Å². The van der Waals surface area contributed by atoms with Gasteiger partial charge in [-0.15, -0.1) is 0 Å². The second-order valence-corrected chi connectivity index (χ2v) is 6.64. The number of carbonyl (C=O) groups is 1. The third-order valence-electron chi connectivity index (χ3n) is 4.64. The SMILES string of the molecule is Cc1oc(-c2ccccc2)nc1C(=O)Nc1cc(F)cc(N2CCCC2)c1. The number of nitrogens with one attached hydrogen (secondary N) is 1. The van der Waals surface area contributed by atoms with Crippen LogP contribution in [-0.4, -0.2) is 24.0 Å². The van der Waals surface area contributed by atoms with Crippen LogP contribution >= 0.6 is 0 Å². The molecule has 138 valence electrons. The molecule has 27 heavy (non-hydrogen) atoms. The first-order valence-corrected chi connectivity index (χ1v) is 9.00. The van der Waals surface area contributed by atoms with E-state index < -0.39 is 5.91 Å². The Labute approximate surface area is 156 Å². The van der Waals surface area contributed by atoms with Gasteiger partial charge >= 0.3 is 0 Å². The number of amides is 1. The van der Waals surface area contributed by atoms with Gasteiger partial charge in [0.25, 0.3) is 5.91 Å². The Morgan fingerprint density at radius 2 is 1.89 bits per heavy atom. The monoisotopic (exact) mass is 365 g/mol. The van der Waals surface area contributed by atoms with E-state index >= 15 is 0 Å². The smallest absolute Gasteiger partial charge is 0.277 e. The molecule has 0 atom stereocenters. The summed E-state index contributed by atoms with van der Waals surface area (Å²) in [5.74, 6) is 0.00530. The molecule has 1 saturated heterocycles. The van der Waals surface area contributed by atoms with Gasteiger partial charge in [0.1, 0.15) is 11.6 Å². The first kappa shape index (κ1) is 17.3. The molecule has 0 spiro atoms. The minimum absolute atomic E-state index is 0.195. The quantitative estimate of drug-likeness (QED) is 0.732. The zero-order chi connectivity index (χ0) is 18.8. The van der Waals surface area contributed by atoms with Crippen LogP contribution < -0.4 is 10.2 Å². The molecule has 0 saturated carbocycles. The van der Waals surface area contributed by atoms with Crippen molar-refractivity contribution in [2.75, 3.05) is 23.3 Å². The minimum atomic E-state index is -0.420. The Kier molecular flexibility index (Phi) is 4.62. The van der Waals surface area contributed by atoms with Crippen molar-refractivity contribution >= 4 is 17.3 Å². The van der Waals surface area contributed by atoms with Gasteiger partial charge in [-0.25, -0.2) is 9.37 Å². The van der Waals surface area contributed by atoms with E-state index in [2.05, 4.69) is 15.2 Å².